The molecule has 0 radical (unpaired) electrons. The van der Waals surface area contributed by atoms with E-state index < -0.39 is 11.8 Å². The Kier molecular flexibility index (Phi) is 3.52. The van der Waals surface area contributed by atoms with Gasteiger partial charge in [-0.3, -0.25) is 4.90 Å². The van der Waals surface area contributed by atoms with Crippen LogP contribution in [0.4, 0.5) is 8.78 Å². The number of aldehydes is 1. The molecule has 0 N–H and O–H groups in total. The molecule has 0 spiro atoms. The molecule has 1 aliphatic rings. The Morgan fingerprint density at radius 3 is 2.71 bits per heavy atom. The van der Waals surface area contributed by atoms with Gasteiger partial charge >= 0.3 is 0 Å². The third-order valence-electron chi connectivity index (χ3n) is 3.17. The van der Waals surface area contributed by atoms with Crippen LogP contribution < -0.4 is 0 Å². The van der Waals surface area contributed by atoms with Crippen molar-refractivity contribution in [3.8, 4) is 0 Å². The zero-order chi connectivity index (χ0) is 12.3. The summed E-state index contributed by atoms with van der Waals surface area (Å²) in [4.78, 5) is 12.6. The van der Waals surface area contributed by atoms with Gasteiger partial charge in [0.15, 0.2) is 0 Å². The van der Waals surface area contributed by atoms with Crippen LogP contribution in [0.5, 0.6) is 0 Å². The highest BCUT2D eigenvalue weighted by atomic mass is 19.3. The molecule has 0 aliphatic carbocycles. The molecule has 1 aromatic carbocycles. The van der Waals surface area contributed by atoms with E-state index in [2.05, 4.69) is 0 Å². The van der Waals surface area contributed by atoms with E-state index in [1.165, 1.54) is 0 Å². The number of halogens is 2. The number of carbonyl (C=O) groups excluding carboxylic acids is 1. The maximum absolute atomic E-state index is 13.3. The molecule has 4 heteroatoms. The monoisotopic (exact) mass is 239 g/mol. The fourth-order valence-corrected chi connectivity index (χ4v) is 2.12. The van der Waals surface area contributed by atoms with Crippen molar-refractivity contribution in [2.45, 2.75) is 18.9 Å². The number of piperidine rings is 1. The van der Waals surface area contributed by atoms with Crippen molar-refractivity contribution >= 4 is 6.29 Å². The molecule has 1 saturated heterocycles. The summed E-state index contributed by atoms with van der Waals surface area (Å²) >= 11 is 0. The molecular weight excluding hydrogens is 224 g/mol. The first-order chi connectivity index (χ1) is 8.12. The standard InChI is InChI=1S/C13H15F2NO/c14-13(15)6-7-16(9-12(13)10-17)8-11-4-2-1-3-5-11/h1-5,10,12H,6-9H2. The highest BCUT2D eigenvalue weighted by Gasteiger charge is 2.43. The van der Waals surface area contributed by atoms with Crippen molar-refractivity contribution in [2.24, 2.45) is 5.92 Å². The molecule has 1 atom stereocenters. The zero-order valence-corrected chi connectivity index (χ0v) is 9.48. The van der Waals surface area contributed by atoms with Gasteiger partial charge in [0.1, 0.15) is 6.29 Å². The predicted octanol–water partition coefficient (Wildman–Crippen LogP) is 2.34. The van der Waals surface area contributed by atoms with E-state index in [4.69, 9.17) is 0 Å². The molecule has 1 heterocycles. The number of hydrogen-bond acceptors (Lipinski definition) is 2. The SMILES string of the molecule is O=CC1CN(Cc2ccccc2)CCC1(F)F. The highest BCUT2D eigenvalue weighted by Crippen LogP contribution is 2.32. The first-order valence-corrected chi connectivity index (χ1v) is 5.71. The molecule has 17 heavy (non-hydrogen) atoms. The van der Waals surface area contributed by atoms with E-state index in [1.807, 2.05) is 35.2 Å². The summed E-state index contributed by atoms with van der Waals surface area (Å²) in [7, 11) is 0. The van der Waals surface area contributed by atoms with Crippen LogP contribution in [0.1, 0.15) is 12.0 Å². The van der Waals surface area contributed by atoms with E-state index in [0.717, 1.165) is 5.56 Å². The summed E-state index contributed by atoms with van der Waals surface area (Å²) in [6.07, 6.45) is 0.153. The van der Waals surface area contributed by atoms with Crippen molar-refractivity contribution < 1.29 is 13.6 Å². The van der Waals surface area contributed by atoms with Crippen LogP contribution in [0.15, 0.2) is 30.3 Å². The first kappa shape index (κ1) is 12.2. The zero-order valence-electron chi connectivity index (χ0n) is 9.48. The van der Waals surface area contributed by atoms with Crippen LogP contribution in [0.25, 0.3) is 0 Å². The average Bonchev–Trinajstić information content (AvgIpc) is 2.33. The molecule has 0 aromatic heterocycles. The smallest absolute Gasteiger partial charge is 0.259 e. The molecule has 92 valence electrons. The molecule has 2 rings (SSSR count). The lowest BCUT2D eigenvalue weighted by molar-refractivity contribution is -0.137. The normalized spacial score (nSPS) is 24.5. The second kappa shape index (κ2) is 4.92. The summed E-state index contributed by atoms with van der Waals surface area (Å²) in [5.74, 6) is -4.01. The third kappa shape index (κ3) is 2.88. The minimum absolute atomic E-state index is 0.144. The highest BCUT2D eigenvalue weighted by molar-refractivity contribution is 5.56. The van der Waals surface area contributed by atoms with Gasteiger partial charge in [0.2, 0.25) is 0 Å². The van der Waals surface area contributed by atoms with Crippen molar-refractivity contribution in [3.63, 3.8) is 0 Å². The Morgan fingerprint density at radius 2 is 2.06 bits per heavy atom. The molecule has 1 aliphatic heterocycles. The molecular formula is C13H15F2NO. The summed E-state index contributed by atoms with van der Waals surface area (Å²) in [5.41, 5.74) is 1.09. The molecule has 1 fully saturated rings. The Balaban J connectivity index is 1.99. The van der Waals surface area contributed by atoms with Crippen molar-refractivity contribution in [2.75, 3.05) is 13.1 Å². The van der Waals surface area contributed by atoms with Gasteiger partial charge < -0.3 is 4.79 Å². The lowest BCUT2D eigenvalue weighted by Crippen LogP contribution is -2.47. The number of nitrogens with zero attached hydrogens (tertiary/aromatic N) is 1. The maximum Gasteiger partial charge on any atom is 0.259 e. The second-order valence-electron chi connectivity index (χ2n) is 4.47. The van der Waals surface area contributed by atoms with E-state index in [9.17, 15) is 13.6 Å². The summed E-state index contributed by atoms with van der Waals surface area (Å²) in [5, 5.41) is 0. The Morgan fingerprint density at radius 1 is 1.35 bits per heavy atom. The minimum atomic E-state index is -2.84. The third-order valence-corrected chi connectivity index (χ3v) is 3.17. The fraction of sp³-hybridized carbons (Fsp3) is 0.462. The number of benzene rings is 1. The number of hydrogen-bond donors (Lipinski definition) is 0. The fourth-order valence-electron chi connectivity index (χ4n) is 2.12. The van der Waals surface area contributed by atoms with Gasteiger partial charge in [-0.2, -0.15) is 0 Å². The van der Waals surface area contributed by atoms with Crippen LogP contribution >= 0.6 is 0 Å². The lowest BCUT2D eigenvalue weighted by Gasteiger charge is -2.35. The quantitative estimate of drug-likeness (QED) is 0.755. The van der Waals surface area contributed by atoms with E-state index in [0.29, 0.717) is 19.4 Å². The number of likely N-dealkylation sites (tertiary alicyclic amines) is 1. The second-order valence-corrected chi connectivity index (χ2v) is 4.47. The number of alkyl halides is 2. The summed E-state index contributed by atoms with van der Waals surface area (Å²) < 4.78 is 26.6. The molecule has 0 saturated carbocycles. The molecule has 2 nitrogen and oxygen atoms in total. The van der Waals surface area contributed by atoms with Crippen LogP contribution in [0, 0.1) is 5.92 Å². The van der Waals surface area contributed by atoms with Crippen LogP contribution in [0.2, 0.25) is 0 Å². The van der Waals surface area contributed by atoms with Crippen molar-refractivity contribution in [3.05, 3.63) is 35.9 Å². The minimum Gasteiger partial charge on any atom is -0.303 e. The van der Waals surface area contributed by atoms with Crippen LogP contribution in [-0.2, 0) is 11.3 Å². The summed E-state index contributed by atoms with van der Waals surface area (Å²) in [6.45, 7) is 1.11. The summed E-state index contributed by atoms with van der Waals surface area (Å²) in [6, 6.07) is 9.68. The number of rotatable bonds is 3. The van der Waals surface area contributed by atoms with Crippen LogP contribution in [0.3, 0.4) is 0 Å². The van der Waals surface area contributed by atoms with Gasteiger partial charge in [-0.25, -0.2) is 8.78 Å². The Bertz CT molecular complexity index is 380. The van der Waals surface area contributed by atoms with Gasteiger partial charge in [0, 0.05) is 26.1 Å². The van der Waals surface area contributed by atoms with Gasteiger partial charge in [-0.05, 0) is 5.56 Å². The molecule has 1 aromatic rings. The van der Waals surface area contributed by atoms with Crippen molar-refractivity contribution in [1.29, 1.82) is 0 Å². The first-order valence-electron chi connectivity index (χ1n) is 5.71. The average molecular weight is 239 g/mol. The Hall–Kier alpha value is -1.29. The van der Waals surface area contributed by atoms with E-state index in [1.54, 1.807) is 0 Å². The van der Waals surface area contributed by atoms with Gasteiger partial charge in [-0.15, -0.1) is 0 Å². The number of carbonyl (C=O) groups is 1. The lowest BCUT2D eigenvalue weighted by atomic mass is 9.94. The van der Waals surface area contributed by atoms with Crippen molar-refractivity contribution in [1.82, 2.24) is 4.90 Å². The maximum atomic E-state index is 13.3. The van der Waals surface area contributed by atoms with Gasteiger partial charge in [0.25, 0.3) is 5.92 Å². The van der Waals surface area contributed by atoms with E-state index >= 15 is 0 Å². The van der Waals surface area contributed by atoms with Gasteiger partial charge in [-0.1, -0.05) is 30.3 Å². The van der Waals surface area contributed by atoms with E-state index in [-0.39, 0.29) is 13.0 Å². The predicted molar refractivity (Wildman–Crippen MR) is 60.8 cm³/mol. The Labute approximate surface area is 99.2 Å². The molecule has 0 bridgehead atoms. The molecule has 1 unspecified atom stereocenters. The largest absolute Gasteiger partial charge is 0.303 e. The van der Waals surface area contributed by atoms with Crippen LogP contribution in [-0.4, -0.2) is 30.2 Å². The van der Waals surface area contributed by atoms with Gasteiger partial charge in [0.05, 0.1) is 5.92 Å². The molecule has 0 amide bonds. The topological polar surface area (TPSA) is 20.3 Å².